The second kappa shape index (κ2) is 4.31. The molecule has 1 aromatic carbocycles. The van der Waals surface area contributed by atoms with Crippen LogP contribution >= 0.6 is 0 Å². The molecule has 0 aromatic heterocycles. The van der Waals surface area contributed by atoms with Gasteiger partial charge in [-0.3, -0.25) is 0 Å². The zero-order valence-electron chi connectivity index (χ0n) is 11.6. The lowest BCUT2D eigenvalue weighted by Crippen LogP contribution is -2.39. The summed E-state index contributed by atoms with van der Waals surface area (Å²) in [6.07, 6.45) is 0.491. The first-order chi connectivity index (χ1) is 9.17. The van der Waals surface area contributed by atoms with Crippen molar-refractivity contribution in [3.8, 4) is 12.1 Å². The molecule has 5 nitrogen and oxygen atoms in total. The SMILES string of the molecule is Cc1cc(S(=O)(=O)NC2(C#N)CC2(C)C)ccc1C#N. The zero-order valence-corrected chi connectivity index (χ0v) is 12.4. The summed E-state index contributed by atoms with van der Waals surface area (Å²) in [4.78, 5) is 0.0753. The number of aryl methyl sites for hydroxylation is 1. The van der Waals surface area contributed by atoms with Gasteiger partial charge in [0.2, 0.25) is 10.0 Å². The number of rotatable bonds is 3. The minimum Gasteiger partial charge on any atom is -0.207 e. The van der Waals surface area contributed by atoms with Gasteiger partial charge in [-0.1, -0.05) is 13.8 Å². The van der Waals surface area contributed by atoms with Gasteiger partial charge in [0.05, 0.1) is 22.6 Å². The molecule has 1 aliphatic rings. The Morgan fingerprint density at radius 2 is 1.90 bits per heavy atom. The molecule has 1 aromatic rings. The van der Waals surface area contributed by atoms with Crippen LogP contribution in [0, 0.1) is 35.0 Å². The summed E-state index contributed by atoms with van der Waals surface area (Å²) >= 11 is 0. The number of benzene rings is 1. The molecule has 1 unspecified atom stereocenters. The van der Waals surface area contributed by atoms with E-state index >= 15 is 0 Å². The summed E-state index contributed by atoms with van der Waals surface area (Å²) in [5, 5.41) is 18.1. The van der Waals surface area contributed by atoms with Crippen molar-refractivity contribution in [3.05, 3.63) is 29.3 Å². The standard InChI is InChI=1S/C14H15N3O2S/c1-10-6-12(5-4-11(10)7-15)20(18,19)17-14(9-16)8-13(14,2)3/h4-6,17H,8H2,1-3H3. The largest absolute Gasteiger partial charge is 0.241 e. The second-order valence-electron chi connectivity index (χ2n) is 5.77. The number of nitriles is 2. The topological polar surface area (TPSA) is 93.8 Å². The van der Waals surface area contributed by atoms with E-state index in [0.29, 0.717) is 17.5 Å². The minimum absolute atomic E-state index is 0.0753. The van der Waals surface area contributed by atoms with Crippen LogP contribution < -0.4 is 4.72 Å². The highest BCUT2D eigenvalue weighted by atomic mass is 32.2. The molecule has 0 heterocycles. The Morgan fingerprint density at radius 3 is 2.30 bits per heavy atom. The van der Waals surface area contributed by atoms with Crippen molar-refractivity contribution in [1.29, 1.82) is 10.5 Å². The monoisotopic (exact) mass is 289 g/mol. The highest BCUT2D eigenvalue weighted by Gasteiger charge is 2.64. The third-order valence-electron chi connectivity index (χ3n) is 3.87. The number of nitrogens with zero attached hydrogens (tertiary/aromatic N) is 2. The van der Waals surface area contributed by atoms with E-state index in [-0.39, 0.29) is 10.3 Å². The van der Waals surface area contributed by atoms with Crippen LogP contribution in [0.1, 0.15) is 31.4 Å². The van der Waals surface area contributed by atoms with Crippen molar-refractivity contribution in [2.24, 2.45) is 5.41 Å². The van der Waals surface area contributed by atoms with Crippen LogP contribution in [-0.4, -0.2) is 14.0 Å². The molecule has 1 saturated carbocycles. The summed E-state index contributed by atoms with van der Waals surface area (Å²) < 4.78 is 27.2. The van der Waals surface area contributed by atoms with E-state index in [9.17, 15) is 13.7 Å². The van der Waals surface area contributed by atoms with Crippen LogP contribution in [0.3, 0.4) is 0 Å². The van der Waals surface area contributed by atoms with E-state index < -0.39 is 15.6 Å². The zero-order chi connectivity index (χ0) is 15.2. The van der Waals surface area contributed by atoms with Gasteiger partial charge in [-0.15, -0.1) is 0 Å². The maximum absolute atomic E-state index is 12.3. The molecule has 6 heteroatoms. The van der Waals surface area contributed by atoms with Crippen molar-refractivity contribution >= 4 is 10.0 Å². The fraction of sp³-hybridized carbons (Fsp3) is 0.429. The number of nitrogens with one attached hydrogen (secondary N) is 1. The number of hydrogen-bond donors (Lipinski definition) is 1. The van der Waals surface area contributed by atoms with Crippen molar-refractivity contribution in [1.82, 2.24) is 4.72 Å². The van der Waals surface area contributed by atoms with Crippen molar-refractivity contribution in [3.63, 3.8) is 0 Å². The molecule has 0 radical (unpaired) electrons. The third kappa shape index (κ3) is 2.18. The van der Waals surface area contributed by atoms with Gasteiger partial charge in [0.1, 0.15) is 5.54 Å². The van der Waals surface area contributed by atoms with Gasteiger partial charge >= 0.3 is 0 Å². The summed E-state index contributed by atoms with van der Waals surface area (Å²) in [7, 11) is -3.77. The normalized spacial score (nSPS) is 23.6. The van der Waals surface area contributed by atoms with Gasteiger partial charge < -0.3 is 0 Å². The lowest BCUT2D eigenvalue weighted by Gasteiger charge is -2.15. The molecule has 1 atom stereocenters. The fourth-order valence-electron chi connectivity index (χ4n) is 2.22. The molecular weight excluding hydrogens is 274 g/mol. The van der Waals surface area contributed by atoms with Crippen molar-refractivity contribution in [2.75, 3.05) is 0 Å². The molecule has 1 N–H and O–H groups in total. The Hall–Kier alpha value is -1.89. The average Bonchev–Trinajstić information content (AvgIpc) is 2.90. The van der Waals surface area contributed by atoms with Crippen LogP contribution in [0.15, 0.2) is 23.1 Å². The summed E-state index contributed by atoms with van der Waals surface area (Å²) in [6.45, 7) is 5.38. The third-order valence-corrected chi connectivity index (χ3v) is 5.36. The Kier molecular flexibility index (Phi) is 3.13. The highest BCUT2D eigenvalue weighted by Crippen LogP contribution is 2.55. The van der Waals surface area contributed by atoms with Crippen LogP contribution in [0.25, 0.3) is 0 Å². The predicted octanol–water partition coefficient (Wildman–Crippen LogP) is 1.84. The number of hydrogen-bond acceptors (Lipinski definition) is 4. The van der Waals surface area contributed by atoms with E-state index in [2.05, 4.69) is 10.8 Å². The van der Waals surface area contributed by atoms with E-state index in [1.54, 1.807) is 6.92 Å². The lowest BCUT2D eigenvalue weighted by molar-refractivity contribution is 0.513. The molecule has 0 saturated heterocycles. The second-order valence-corrected chi connectivity index (χ2v) is 7.45. The van der Waals surface area contributed by atoms with Crippen LogP contribution in [0.4, 0.5) is 0 Å². The van der Waals surface area contributed by atoms with E-state index in [0.717, 1.165) is 0 Å². The molecule has 0 aliphatic heterocycles. The van der Waals surface area contributed by atoms with E-state index in [4.69, 9.17) is 5.26 Å². The molecular formula is C14H15N3O2S. The van der Waals surface area contributed by atoms with Crippen molar-refractivity contribution < 1.29 is 8.42 Å². The van der Waals surface area contributed by atoms with Crippen LogP contribution in [0.2, 0.25) is 0 Å². The number of sulfonamides is 1. The van der Waals surface area contributed by atoms with Gasteiger partial charge in [-0.25, -0.2) is 8.42 Å². The van der Waals surface area contributed by atoms with Crippen LogP contribution in [0.5, 0.6) is 0 Å². The Morgan fingerprint density at radius 1 is 1.30 bits per heavy atom. The lowest BCUT2D eigenvalue weighted by atomic mass is 10.1. The summed E-state index contributed by atoms with van der Waals surface area (Å²) in [5.74, 6) is 0. The van der Waals surface area contributed by atoms with E-state index in [1.807, 2.05) is 19.9 Å². The Labute approximate surface area is 118 Å². The van der Waals surface area contributed by atoms with Gasteiger partial charge in [-0.05, 0) is 37.1 Å². The fourth-order valence-corrected chi connectivity index (χ4v) is 3.77. The van der Waals surface area contributed by atoms with Gasteiger partial charge in [0.25, 0.3) is 0 Å². The first kappa shape index (κ1) is 14.5. The minimum atomic E-state index is -3.77. The molecule has 1 aliphatic carbocycles. The van der Waals surface area contributed by atoms with Gasteiger partial charge in [-0.2, -0.15) is 15.2 Å². The molecule has 0 spiro atoms. The summed E-state index contributed by atoms with van der Waals surface area (Å²) in [5.41, 5.74) is -0.369. The van der Waals surface area contributed by atoms with Crippen molar-refractivity contribution in [2.45, 2.75) is 37.6 Å². The maximum Gasteiger partial charge on any atom is 0.241 e. The molecule has 0 amide bonds. The quantitative estimate of drug-likeness (QED) is 0.918. The average molecular weight is 289 g/mol. The van der Waals surface area contributed by atoms with Gasteiger partial charge in [0.15, 0.2) is 0 Å². The molecule has 20 heavy (non-hydrogen) atoms. The summed E-state index contributed by atoms with van der Waals surface area (Å²) in [6, 6.07) is 8.36. The van der Waals surface area contributed by atoms with E-state index in [1.165, 1.54) is 18.2 Å². The first-order valence-electron chi connectivity index (χ1n) is 6.13. The van der Waals surface area contributed by atoms with Gasteiger partial charge in [0, 0.05) is 5.41 Å². The predicted molar refractivity (Wildman–Crippen MR) is 73.0 cm³/mol. The molecule has 0 bridgehead atoms. The first-order valence-corrected chi connectivity index (χ1v) is 7.62. The van der Waals surface area contributed by atoms with Crippen LogP contribution in [-0.2, 0) is 10.0 Å². The molecule has 1 fully saturated rings. The Balaban J connectivity index is 2.36. The molecule has 2 rings (SSSR count). The Bertz CT molecular complexity index is 754. The maximum atomic E-state index is 12.3. The highest BCUT2D eigenvalue weighted by molar-refractivity contribution is 7.89. The smallest absolute Gasteiger partial charge is 0.207 e. The molecule has 104 valence electrons.